The van der Waals surface area contributed by atoms with Crippen LogP contribution in [0.4, 0.5) is 8.78 Å². The van der Waals surface area contributed by atoms with Gasteiger partial charge in [0.15, 0.2) is 17.7 Å². The molecule has 1 amide bonds. The molecule has 4 nitrogen and oxygen atoms in total. The maximum atomic E-state index is 13.2. The topological polar surface area (TPSA) is 54.1 Å². The van der Waals surface area contributed by atoms with Crippen molar-refractivity contribution in [2.45, 2.75) is 19.4 Å². The fourth-order valence-corrected chi connectivity index (χ4v) is 2.61. The van der Waals surface area contributed by atoms with Gasteiger partial charge in [-0.25, -0.2) is 8.78 Å². The highest BCUT2D eigenvalue weighted by molar-refractivity contribution is 5.83. The van der Waals surface area contributed by atoms with Gasteiger partial charge in [-0.15, -0.1) is 0 Å². The van der Waals surface area contributed by atoms with Crippen molar-refractivity contribution in [1.82, 2.24) is 10.3 Å². The van der Waals surface area contributed by atoms with E-state index in [1.165, 1.54) is 6.07 Å². The van der Waals surface area contributed by atoms with Crippen molar-refractivity contribution >= 4 is 16.8 Å². The molecule has 1 atom stereocenters. The van der Waals surface area contributed by atoms with Crippen LogP contribution in [0.1, 0.15) is 12.5 Å². The van der Waals surface area contributed by atoms with Crippen LogP contribution in [-0.2, 0) is 11.2 Å². The zero-order valence-electron chi connectivity index (χ0n) is 13.7. The number of aromatic nitrogens is 1. The molecule has 3 rings (SSSR count). The highest BCUT2D eigenvalue weighted by atomic mass is 19.2. The molecule has 0 aliphatic carbocycles. The molecule has 25 heavy (non-hydrogen) atoms. The summed E-state index contributed by atoms with van der Waals surface area (Å²) in [5.74, 6) is -2.17. The van der Waals surface area contributed by atoms with Gasteiger partial charge in [-0.2, -0.15) is 0 Å². The number of nitrogens with one attached hydrogen (secondary N) is 2. The molecule has 3 aromatic rings. The molecule has 0 saturated carbocycles. The normalized spacial score (nSPS) is 12.1. The Labute approximate surface area is 143 Å². The second-order valence-corrected chi connectivity index (χ2v) is 5.74. The van der Waals surface area contributed by atoms with Crippen molar-refractivity contribution < 1.29 is 18.3 Å². The number of carbonyl (C=O) groups excluding carboxylic acids is 1. The fraction of sp³-hybridized carbons (Fsp3) is 0.211. The number of aromatic amines is 1. The van der Waals surface area contributed by atoms with Crippen LogP contribution >= 0.6 is 0 Å². The van der Waals surface area contributed by atoms with Crippen LogP contribution in [0.25, 0.3) is 10.9 Å². The summed E-state index contributed by atoms with van der Waals surface area (Å²) in [7, 11) is 0. The van der Waals surface area contributed by atoms with E-state index in [1.807, 2.05) is 30.5 Å². The maximum Gasteiger partial charge on any atom is 0.260 e. The van der Waals surface area contributed by atoms with Crippen LogP contribution in [0.3, 0.4) is 0 Å². The Morgan fingerprint density at radius 2 is 2.00 bits per heavy atom. The second kappa shape index (κ2) is 7.34. The van der Waals surface area contributed by atoms with Gasteiger partial charge in [-0.1, -0.05) is 18.2 Å². The number of hydrogen-bond donors (Lipinski definition) is 2. The number of amides is 1. The first kappa shape index (κ1) is 17.0. The van der Waals surface area contributed by atoms with Gasteiger partial charge in [-0.05, 0) is 37.1 Å². The number of fused-ring (bicyclic) bond motifs is 1. The Kier molecular flexibility index (Phi) is 4.97. The number of hydrogen-bond acceptors (Lipinski definition) is 2. The predicted molar refractivity (Wildman–Crippen MR) is 91.5 cm³/mol. The van der Waals surface area contributed by atoms with Crippen LogP contribution in [0, 0.1) is 11.6 Å². The predicted octanol–water partition coefficient (Wildman–Crippen LogP) is 3.57. The fourth-order valence-electron chi connectivity index (χ4n) is 2.61. The standard InChI is InChI=1S/C19H18F2N2O2/c1-12(25-14-6-7-16(20)17(21)10-14)19(24)22-9-8-13-11-23-18-5-3-2-4-15(13)18/h2-7,10-12,23H,8-9H2,1H3,(H,22,24). The number of ether oxygens (including phenoxy) is 1. The molecule has 1 aromatic heterocycles. The van der Waals surface area contributed by atoms with Crippen molar-refractivity contribution in [2.24, 2.45) is 0 Å². The zero-order chi connectivity index (χ0) is 17.8. The van der Waals surface area contributed by atoms with Gasteiger partial charge < -0.3 is 15.0 Å². The molecule has 6 heteroatoms. The van der Waals surface area contributed by atoms with Gasteiger partial charge in [0, 0.05) is 29.7 Å². The van der Waals surface area contributed by atoms with Gasteiger partial charge >= 0.3 is 0 Å². The van der Waals surface area contributed by atoms with E-state index < -0.39 is 17.7 Å². The summed E-state index contributed by atoms with van der Waals surface area (Å²) in [4.78, 5) is 15.3. The lowest BCUT2D eigenvalue weighted by atomic mass is 10.1. The molecule has 0 saturated heterocycles. The van der Waals surface area contributed by atoms with Crippen LogP contribution in [0.2, 0.25) is 0 Å². The molecule has 0 radical (unpaired) electrons. The van der Waals surface area contributed by atoms with Gasteiger partial charge in [0.2, 0.25) is 0 Å². The van der Waals surface area contributed by atoms with Crippen LogP contribution in [-0.4, -0.2) is 23.5 Å². The SMILES string of the molecule is CC(Oc1ccc(F)c(F)c1)C(=O)NCCc1c[nH]c2ccccc12. The average molecular weight is 344 g/mol. The van der Waals surface area contributed by atoms with Gasteiger partial charge in [0.1, 0.15) is 5.75 Å². The Hall–Kier alpha value is -2.89. The monoisotopic (exact) mass is 344 g/mol. The summed E-state index contributed by atoms with van der Waals surface area (Å²) in [6, 6.07) is 11.1. The van der Waals surface area contributed by atoms with Crippen molar-refractivity contribution in [3.05, 3.63) is 65.9 Å². The Morgan fingerprint density at radius 1 is 1.20 bits per heavy atom. The van der Waals surface area contributed by atoms with Crippen molar-refractivity contribution in [3.8, 4) is 5.75 Å². The number of H-pyrrole nitrogens is 1. The van der Waals surface area contributed by atoms with Crippen molar-refractivity contribution in [1.29, 1.82) is 0 Å². The number of rotatable bonds is 6. The molecule has 0 spiro atoms. The van der Waals surface area contributed by atoms with Gasteiger partial charge in [0.05, 0.1) is 0 Å². The average Bonchev–Trinajstić information content (AvgIpc) is 3.01. The molecule has 2 aromatic carbocycles. The number of benzene rings is 2. The number of halogens is 2. The van der Waals surface area contributed by atoms with Crippen molar-refractivity contribution in [3.63, 3.8) is 0 Å². The smallest absolute Gasteiger partial charge is 0.260 e. The highest BCUT2D eigenvalue weighted by Gasteiger charge is 2.15. The maximum absolute atomic E-state index is 13.2. The molecule has 0 aliphatic rings. The van der Waals surface area contributed by atoms with E-state index in [0.717, 1.165) is 28.6 Å². The lowest BCUT2D eigenvalue weighted by Gasteiger charge is -2.14. The quantitative estimate of drug-likeness (QED) is 0.718. The first-order chi connectivity index (χ1) is 12.0. The summed E-state index contributed by atoms with van der Waals surface area (Å²) >= 11 is 0. The summed E-state index contributed by atoms with van der Waals surface area (Å²) in [5, 5.41) is 3.91. The molecule has 0 bridgehead atoms. The second-order valence-electron chi connectivity index (χ2n) is 5.74. The van der Waals surface area contributed by atoms with E-state index in [9.17, 15) is 13.6 Å². The lowest BCUT2D eigenvalue weighted by Crippen LogP contribution is -2.37. The molecule has 0 aliphatic heterocycles. The third-order valence-electron chi connectivity index (χ3n) is 3.94. The van der Waals surface area contributed by atoms with E-state index in [1.54, 1.807) is 6.92 Å². The van der Waals surface area contributed by atoms with E-state index in [2.05, 4.69) is 10.3 Å². The van der Waals surface area contributed by atoms with E-state index >= 15 is 0 Å². The van der Waals surface area contributed by atoms with Crippen LogP contribution < -0.4 is 10.1 Å². The molecule has 130 valence electrons. The summed E-state index contributed by atoms with van der Waals surface area (Å²) in [6.45, 7) is 2.01. The Balaban J connectivity index is 1.52. The Bertz CT molecular complexity index is 892. The van der Waals surface area contributed by atoms with E-state index in [-0.39, 0.29) is 11.7 Å². The number of carbonyl (C=O) groups is 1. The summed E-state index contributed by atoms with van der Waals surface area (Å²) in [5.41, 5.74) is 2.17. The molecule has 1 heterocycles. The van der Waals surface area contributed by atoms with Crippen LogP contribution in [0.5, 0.6) is 5.75 Å². The lowest BCUT2D eigenvalue weighted by molar-refractivity contribution is -0.127. The highest BCUT2D eigenvalue weighted by Crippen LogP contribution is 2.18. The largest absolute Gasteiger partial charge is 0.481 e. The first-order valence-electron chi connectivity index (χ1n) is 7.99. The minimum atomic E-state index is -1.01. The summed E-state index contributed by atoms with van der Waals surface area (Å²) in [6.07, 6.45) is 1.79. The number of para-hydroxylation sites is 1. The molecule has 0 fully saturated rings. The van der Waals surface area contributed by atoms with E-state index in [0.29, 0.717) is 13.0 Å². The van der Waals surface area contributed by atoms with Crippen molar-refractivity contribution in [2.75, 3.05) is 6.54 Å². The van der Waals surface area contributed by atoms with Gasteiger partial charge in [-0.3, -0.25) is 4.79 Å². The summed E-state index contributed by atoms with van der Waals surface area (Å²) < 4.78 is 31.4. The zero-order valence-corrected chi connectivity index (χ0v) is 13.7. The molecule has 2 N–H and O–H groups in total. The minimum Gasteiger partial charge on any atom is -0.481 e. The third kappa shape index (κ3) is 3.96. The van der Waals surface area contributed by atoms with Gasteiger partial charge in [0.25, 0.3) is 5.91 Å². The third-order valence-corrected chi connectivity index (χ3v) is 3.94. The molecular weight excluding hydrogens is 326 g/mol. The van der Waals surface area contributed by atoms with Crippen LogP contribution in [0.15, 0.2) is 48.7 Å². The Morgan fingerprint density at radius 3 is 2.80 bits per heavy atom. The van der Waals surface area contributed by atoms with E-state index in [4.69, 9.17) is 4.74 Å². The molecular formula is C19H18F2N2O2. The molecule has 1 unspecified atom stereocenters. The first-order valence-corrected chi connectivity index (χ1v) is 7.99. The minimum absolute atomic E-state index is 0.109.